The van der Waals surface area contributed by atoms with Gasteiger partial charge in [0, 0.05) is 7.05 Å². The third kappa shape index (κ3) is 1.32. The Morgan fingerprint density at radius 3 is 3.07 bits per heavy atom. The van der Waals surface area contributed by atoms with Gasteiger partial charge in [-0.2, -0.15) is 0 Å². The average molecular weight is 209 g/mol. The van der Waals surface area contributed by atoms with E-state index < -0.39 is 0 Å². The van der Waals surface area contributed by atoms with Gasteiger partial charge < -0.3 is 9.30 Å². The highest BCUT2D eigenvalue weighted by molar-refractivity contribution is 7.17. The van der Waals surface area contributed by atoms with Crippen LogP contribution < -0.4 is 0 Å². The number of aromatic nitrogens is 1. The molecule has 0 amide bonds. The number of nitrogens with zero attached hydrogens (tertiary/aromatic N) is 1. The molecule has 2 aromatic rings. The summed E-state index contributed by atoms with van der Waals surface area (Å²) in [6, 6.07) is 3.88. The van der Waals surface area contributed by atoms with E-state index in [9.17, 15) is 4.79 Å². The van der Waals surface area contributed by atoms with Crippen LogP contribution in [0.15, 0.2) is 17.5 Å². The molecule has 0 aromatic carbocycles. The number of rotatable bonds is 2. The number of esters is 1. The zero-order valence-electron chi connectivity index (χ0n) is 8.11. The van der Waals surface area contributed by atoms with Crippen LogP contribution in [0.25, 0.3) is 10.2 Å². The van der Waals surface area contributed by atoms with Crippen molar-refractivity contribution < 1.29 is 9.53 Å². The monoisotopic (exact) mass is 209 g/mol. The third-order valence-corrected chi connectivity index (χ3v) is 3.00. The average Bonchev–Trinajstić information content (AvgIpc) is 2.69. The third-order valence-electron chi connectivity index (χ3n) is 2.15. The van der Waals surface area contributed by atoms with Crippen LogP contribution in [-0.2, 0) is 11.8 Å². The number of ether oxygens (including phenoxy) is 1. The first-order valence-electron chi connectivity index (χ1n) is 4.44. The molecule has 0 aliphatic carbocycles. The highest BCUT2D eigenvalue weighted by atomic mass is 32.1. The summed E-state index contributed by atoms with van der Waals surface area (Å²) in [6.45, 7) is 2.22. The Balaban J connectivity index is 2.47. The summed E-state index contributed by atoms with van der Waals surface area (Å²) < 4.78 is 7.94. The molecule has 0 radical (unpaired) electrons. The lowest BCUT2D eigenvalue weighted by Gasteiger charge is -2.02. The van der Waals surface area contributed by atoms with Crippen LogP contribution in [0.4, 0.5) is 0 Å². The maximum atomic E-state index is 11.5. The molecule has 14 heavy (non-hydrogen) atoms. The molecule has 4 heteroatoms. The molecule has 0 bridgehead atoms. The van der Waals surface area contributed by atoms with Crippen LogP contribution in [0.2, 0.25) is 0 Å². The molecule has 2 aromatic heterocycles. The lowest BCUT2D eigenvalue weighted by molar-refractivity contribution is 0.0516. The first-order valence-corrected chi connectivity index (χ1v) is 5.32. The Bertz CT molecular complexity index is 469. The van der Waals surface area contributed by atoms with Gasteiger partial charge in [0.25, 0.3) is 0 Å². The van der Waals surface area contributed by atoms with Crippen molar-refractivity contribution in [3.63, 3.8) is 0 Å². The lowest BCUT2D eigenvalue weighted by atomic mass is 10.4. The SMILES string of the molecule is CCOC(=O)c1cc2sccc2n1C. The van der Waals surface area contributed by atoms with Gasteiger partial charge in [-0.05, 0) is 24.4 Å². The number of carbonyl (C=O) groups is 1. The van der Waals surface area contributed by atoms with E-state index in [0.717, 1.165) is 10.2 Å². The highest BCUT2D eigenvalue weighted by Crippen LogP contribution is 2.24. The van der Waals surface area contributed by atoms with E-state index in [1.165, 1.54) is 0 Å². The minimum atomic E-state index is -0.251. The molecule has 0 unspecified atom stereocenters. The Morgan fingerprint density at radius 2 is 2.43 bits per heavy atom. The Kier molecular flexibility index (Phi) is 2.29. The summed E-state index contributed by atoms with van der Waals surface area (Å²) in [6.07, 6.45) is 0. The fourth-order valence-corrected chi connectivity index (χ4v) is 2.30. The van der Waals surface area contributed by atoms with Crippen molar-refractivity contribution in [2.24, 2.45) is 7.05 Å². The van der Waals surface area contributed by atoms with Gasteiger partial charge >= 0.3 is 5.97 Å². The molecular formula is C10H11NO2S. The molecule has 0 aliphatic rings. The second-order valence-corrected chi connectivity index (χ2v) is 3.93. The second-order valence-electron chi connectivity index (χ2n) is 2.98. The van der Waals surface area contributed by atoms with Crippen LogP contribution >= 0.6 is 11.3 Å². The van der Waals surface area contributed by atoms with Gasteiger partial charge in [-0.3, -0.25) is 0 Å². The first-order chi connectivity index (χ1) is 6.74. The predicted molar refractivity (Wildman–Crippen MR) is 56.8 cm³/mol. The first kappa shape index (κ1) is 9.27. The summed E-state index contributed by atoms with van der Waals surface area (Å²) in [5.41, 5.74) is 1.70. The summed E-state index contributed by atoms with van der Waals surface area (Å²) in [5, 5.41) is 2.01. The van der Waals surface area contributed by atoms with E-state index in [-0.39, 0.29) is 5.97 Å². The fourth-order valence-electron chi connectivity index (χ4n) is 1.45. The molecule has 0 aliphatic heterocycles. The zero-order chi connectivity index (χ0) is 10.1. The van der Waals surface area contributed by atoms with Gasteiger partial charge in [0.1, 0.15) is 5.69 Å². The molecular weight excluding hydrogens is 198 g/mol. The largest absolute Gasteiger partial charge is 0.461 e. The quantitative estimate of drug-likeness (QED) is 0.711. The number of fused-ring (bicyclic) bond motifs is 1. The molecule has 2 rings (SSSR count). The number of thiophene rings is 1. The van der Waals surface area contributed by atoms with Crippen molar-refractivity contribution in [3.05, 3.63) is 23.2 Å². The second kappa shape index (κ2) is 3.46. The number of aryl methyl sites for hydroxylation is 1. The minimum absolute atomic E-state index is 0.251. The standard InChI is InChI=1S/C10H11NO2S/c1-3-13-10(12)8-6-9-7(11(8)2)4-5-14-9/h4-6H,3H2,1-2H3. The smallest absolute Gasteiger partial charge is 0.354 e. The summed E-state index contributed by atoms with van der Waals surface area (Å²) >= 11 is 1.63. The molecule has 0 N–H and O–H groups in total. The highest BCUT2D eigenvalue weighted by Gasteiger charge is 2.14. The molecule has 2 heterocycles. The van der Waals surface area contributed by atoms with E-state index in [0.29, 0.717) is 12.3 Å². The van der Waals surface area contributed by atoms with Crippen LogP contribution in [0, 0.1) is 0 Å². The van der Waals surface area contributed by atoms with E-state index in [4.69, 9.17) is 4.74 Å². The van der Waals surface area contributed by atoms with Gasteiger partial charge in [0.2, 0.25) is 0 Å². The van der Waals surface area contributed by atoms with E-state index in [1.807, 2.05) is 36.1 Å². The molecule has 0 fully saturated rings. The molecule has 0 atom stereocenters. The topological polar surface area (TPSA) is 31.2 Å². The molecule has 0 saturated heterocycles. The Labute approximate surface area is 85.9 Å². The molecule has 0 spiro atoms. The van der Waals surface area contributed by atoms with Crippen molar-refractivity contribution >= 4 is 27.5 Å². The van der Waals surface area contributed by atoms with Gasteiger partial charge in [-0.15, -0.1) is 11.3 Å². The zero-order valence-corrected chi connectivity index (χ0v) is 8.93. The van der Waals surface area contributed by atoms with E-state index in [1.54, 1.807) is 11.3 Å². The lowest BCUT2D eigenvalue weighted by Crippen LogP contribution is -2.09. The van der Waals surface area contributed by atoms with Crippen molar-refractivity contribution in [2.45, 2.75) is 6.92 Å². The van der Waals surface area contributed by atoms with Gasteiger partial charge in [0.15, 0.2) is 0 Å². The Morgan fingerprint density at radius 1 is 1.64 bits per heavy atom. The predicted octanol–water partition coefficient (Wildman–Crippen LogP) is 2.42. The van der Waals surface area contributed by atoms with Gasteiger partial charge in [-0.25, -0.2) is 4.79 Å². The molecule has 74 valence electrons. The Hall–Kier alpha value is -1.29. The maximum Gasteiger partial charge on any atom is 0.354 e. The fraction of sp³-hybridized carbons (Fsp3) is 0.300. The van der Waals surface area contributed by atoms with Crippen molar-refractivity contribution in [1.82, 2.24) is 4.57 Å². The summed E-state index contributed by atoms with van der Waals surface area (Å²) in [4.78, 5) is 11.5. The van der Waals surface area contributed by atoms with Crippen molar-refractivity contribution in [1.29, 1.82) is 0 Å². The van der Waals surface area contributed by atoms with E-state index >= 15 is 0 Å². The number of hydrogen-bond donors (Lipinski definition) is 0. The van der Waals surface area contributed by atoms with Gasteiger partial charge in [0.05, 0.1) is 16.8 Å². The van der Waals surface area contributed by atoms with E-state index in [2.05, 4.69) is 0 Å². The molecule has 0 saturated carbocycles. The van der Waals surface area contributed by atoms with Crippen LogP contribution in [0.5, 0.6) is 0 Å². The van der Waals surface area contributed by atoms with Crippen LogP contribution in [0.1, 0.15) is 17.4 Å². The minimum Gasteiger partial charge on any atom is -0.461 e. The van der Waals surface area contributed by atoms with Crippen LogP contribution in [-0.4, -0.2) is 17.1 Å². The number of hydrogen-bond acceptors (Lipinski definition) is 3. The van der Waals surface area contributed by atoms with Crippen molar-refractivity contribution in [2.75, 3.05) is 6.61 Å². The summed E-state index contributed by atoms with van der Waals surface area (Å²) in [7, 11) is 1.88. The van der Waals surface area contributed by atoms with Gasteiger partial charge in [-0.1, -0.05) is 0 Å². The number of carbonyl (C=O) groups excluding carboxylic acids is 1. The normalized spacial score (nSPS) is 10.7. The van der Waals surface area contributed by atoms with Crippen molar-refractivity contribution in [3.8, 4) is 0 Å². The summed E-state index contributed by atoms with van der Waals surface area (Å²) in [5.74, 6) is -0.251. The molecule has 3 nitrogen and oxygen atoms in total. The van der Waals surface area contributed by atoms with Crippen LogP contribution in [0.3, 0.4) is 0 Å². The maximum absolute atomic E-state index is 11.5.